The fraction of sp³-hybridized carbons (Fsp3) is 0.333. The quantitative estimate of drug-likeness (QED) is 0.676. The molecule has 1 unspecified atom stereocenters. The summed E-state index contributed by atoms with van der Waals surface area (Å²) in [7, 11) is 0. The molecule has 0 aromatic carbocycles. The van der Waals surface area contributed by atoms with Crippen LogP contribution < -0.4 is 5.73 Å². The summed E-state index contributed by atoms with van der Waals surface area (Å²) >= 11 is 5.34. The van der Waals surface area contributed by atoms with Gasteiger partial charge in [0.05, 0.1) is 6.04 Å². The third-order valence-electron chi connectivity index (χ3n) is 1.14. The Hall–Kier alpha value is -0.870. The van der Waals surface area contributed by atoms with Gasteiger partial charge < -0.3 is 10.2 Å². The zero-order valence-electron chi connectivity index (χ0n) is 5.87. The van der Waals surface area contributed by atoms with E-state index in [1.807, 2.05) is 0 Å². The van der Waals surface area contributed by atoms with E-state index in [1.54, 1.807) is 6.92 Å². The molecule has 0 saturated heterocycles. The Balaban J connectivity index is 2.85. The molecule has 5 heteroatoms. The monoisotopic (exact) mass is 174 g/mol. The van der Waals surface area contributed by atoms with Crippen molar-refractivity contribution in [3.05, 3.63) is 17.3 Å². The van der Waals surface area contributed by atoms with Gasteiger partial charge in [-0.1, -0.05) is 0 Å². The van der Waals surface area contributed by atoms with Crippen LogP contribution in [0.4, 0.5) is 0 Å². The maximum absolute atomic E-state index is 11.1. The van der Waals surface area contributed by atoms with Gasteiger partial charge in [-0.15, -0.1) is 0 Å². The standard InChI is InChI=1S/C6H7ClN2O2/c1-3(8)5(10)4-2-11-6(7)9-4/h2-3H,8H2,1H3. The molecule has 1 heterocycles. The SMILES string of the molecule is CC(N)C(=O)c1coc(Cl)n1. The van der Waals surface area contributed by atoms with Crippen LogP contribution in [0.3, 0.4) is 0 Å². The van der Waals surface area contributed by atoms with Crippen LogP contribution in [-0.4, -0.2) is 16.8 Å². The summed E-state index contributed by atoms with van der Waals surface area (Å²) in [5.41, 5.74) is 5.47. The molecule has 0 bridgehead atoms. The fourth-order valence-electron chi connectivity index (χ4n) is 0.598. The third kappa shape index (κ3) is 1.78. The van der Waals surface area contributed by atoms with Crippen LogP contribution in [0.5, 0.6) is 0 Å². The molecular weight excluding hydrogens is 168 g/mol. The molecule has 0 fully saturated rings. The molecule has 1 aromatic heterocycles. The molecule has 0 aliphatic rings. The van der Waals surface area contributed by atoms with Gasteiger partial charge in [0.25, 0.3) is 5.35 Å². The Labute approximate surface area is 68.3 Å². The lowest BCUT2D eigenvalue weighted by Gasteiger charge is -1.97. The van der Waals surface area contributed by atoms with Crippen LogP contribution in [0.25, 0.3) is 0 Å². The highest BCUT2D eigenvalue weighted by molar-refractivity contribution is 6.27. The summed E-state index contributed by atoms with van der Waals surface area (Å²) in [5.74, 6) is -0.277. The van der Waals surface area contributed by atoms with Crippen LogP contribution in [0, 0.1) is 0 Å². The van der Waals surface area contributed by atoms with Gasteiger partial charge in [0, 0.05) is 0 Å². The first-order valence-corrected chi connectivity index (χ1v) is 3.40. The van der Waals surface area contributed by atoms with Gasteiger partial charge in [-0.05, 0) is 18.5 Å². The average molecular weight is 175 g/mol. The number of rotatable bonds is 2. The van der Waals surface area contributed by atoms with E-state index in [0.717, 1.165) is 0 Å². The number of hydrogen-bond acceptors (Lipinski definition) is 4. The van der Waals surface area contributed by atoms with Crippen molar-refractivity contribution in [1.29, 1.82) is 0 Å². The van der Waals surface area contributed by atoms with Gasteiger partial charge in [-0.3, -0.25) is 4.79 Å². The molecule has 60 valence electrons. The molecule has 4 nitrogen and oxygen atoms in total. The first-order valence-electron chi connectivity index (χ1n) is 3.02. The smallest absolute Gasteiger partial charge is 0.292 e. The number of oxazole rings is 1. The summed E-state index contributed by atoms with van der Waals surface area (Å²) in [6, 6.07) is -0.573. The maximum Gasteiger partial charge on any atom is 0.292 e. The van der Waals surface area contributed by atoms with Crippen LogP contribution in [0.2, 0.25) is 5.35 Å². The van der Waals surface area contributed by atoms with Gasteiger partial charge in [0.1, 0.15) is 12.0 Å². The van der Waals surface area contributed by atoms with E-state index >= 15 is 0 Å². The summed E-state index contributed by atoms with van der Waals surface area (Å²) in [6.45, 7) is 1.57. The van der Waals surface area contributed by atoms with E-state index in [4.69, 9.17) is 17.3 Å². The highest BCUT2D eigenvalue weighted by Gasteiger charge is 2.14. The molecule has 0 radical (unpaired) electrons. The molecule has 1 aromatic rings. The van der Waals surface area contributed by atoms with Crippen molar-refractivity contribution < 1.29 is 9.21 Å². The Morgan fingerprint density at radius 2 is 2.55 bits per heavy atom. The number of nitrogens with zero attached hydrogens (tertiary/aromatic N) is 1. The number of ketones is 1. The zero-order chi connectivity index (χ0) is 8.43. The van der Waals surface area contributed by atoms with Crippen molar-refractivity contribution in [1.82, 2.24) is 4.98 Å². The van der Waals surface area contributed by atoms with Crippen molar-refractivity contribution in [3.8, 4) is 0 Å². The van der Waals surface area contributed by atoms with E-state index in [2.05, 4.69) is 9.40 Å². The molecule has 0 amide bonds. The van der Waals surface area contributed by atoms with Gasteiger partial charge in [0.15, 0.2) is 0 Å². The van der Waals surface area contributed by atoms with E-state index in [1.165, 1.54) is 6.26 Å². The van der Waals surface area contributed by atoms with Crippen LogP contribution in [0.15, 0.2) is 10.7 Å². The first kappa shape index (κ1) is 8.23. The van der Waals surface area contributed by atoms with Gasteiger partial charge in [-0.2, -0.15) is 4.98 Å². The highest BCUT2D eigenvalue weighted by atomic mass is 35.5. The first-order chi connectivity index (χ1) is 5.11. The number of halogens is 1. The molecular formula is C6H7ClN2O2. The second-order valence-corrected chi connectivity index (χ2v) is 2.46. The normalized spacial score (nSPS) is 13.0. The summed E-state index contributed by atoms with van der Waals surface area (Å²) in [5, 5.41) is -0.0472. The number of nitrogens with two attached hydrogens (primary N) is 1. The molecule has 2 N–H and O–H groups in total. The number of aromatic nitrogens is 1. The van der Waals surface area contributed by atoms with Crippen molar-refractivity contribution >= 4 is 17.4 Å². The Morgan fingerprint density at radius 1 is 1.91 bits per heavy atom. The Bertz CT molecular complexity index is 269. The average Bonchev–Trinajstić information content (AvgIpc) is 2.34. The minimum atomic E-state index is -0.573. The minimum absolute atomic E-state index is 0.0472. The predicted octanol–water partition coefficient (Wildman–Crippen LogP) is 0.858. The fourth-order valence-corrected chi connectivity index (χ4v) is 0.734. The third-order valence-corrected chi connectivity index (χ3v) is 1.32. The lowest BCUT2D eigenvalue weighted by Crippen LogP contribution is -2.26. The van der Waals surface area contributed by atoms with E-state index in [0.29, 0.717) is 0 Å². The van der Waals surface area contributed by atoms with Gasteiger partial charge in [0.2, 0.25) is 5.78 Å². The number of carbonyl (C=O) groups excluding carboxylic acids is 1. The number of carbonyl (C=O) groups is 1. The number of Topliss-reactive ketones (excluding diaryl/α,β-unsaturated/α-hetero) is 1. The number of hydrogen-bond donors (Lipinski definition) is 1. The van der Waals surface area contributed by atoms with Crippen LogP contribution >= 0.6 is 11.6 Å². The lowest BCUT2D eigenvalue weighted by molar-refractivity contribution is 0.0963. The van der Waals surface area contributed by atoms with Crippen LogP contribution in [0.1, 0.15) is 17.4 Å². The lowest BCUT2D eigenvalue weighted by atomic mass is 10.2. The van der Waals surface area contributed by atoms with Crippen molar-refractivity contribution in [2.24, 2.45) is 5.73 Å². The molecule has 0 aliphatic carbocycles. The largest absolute Gasteiger partial charge is 0.435 e. The minimum Gasteiger partial charge on any atom is -0.435 e. The molecule has 0 spiro atoms. The van der Waals surface area contributed by atoms with Gasteiger partial charge >= 0.3 is 0 Å². The van der Waals surface area contributed by atoms with E-state index in [9.17, 15) is 4.79 Å². The van der Waals surface area contributed by atoms with E-state index in [-0.39, 0.29) is 16.8 Å². The van der Waals surface area contributed by atoms with E-state index < -0.39 is 6.04 Å². The van der Waals surface area contributed by atoms with Crippen LogP contribution in [-0.2, 0) is 0 Å². The predicted molar refractivity (Wildman–Crippen MR) is 39.5 cm³/mol. The maximum atomic E-state index is 11.1. The van der Waals surface area contributed by atoms with Crippen molar-refractivity contribution in [2.75, 3.05) is 0 Å². The molecule has 0 aliphatic heterocycles. The topological polar surface area (TPSA) is 69.1 Å². The summed E-state index contributed by atoms with van der Waals surface area (Å²) in [4.78, 5) is 14.7. The Morgan fingerprint density at radius 3 is 2.91 bits per heavy atom. The van der Waals surface area contributed by atoms with Crippen molar-refractivity contribution in [2.45, 2.75) is 13.0 Å². The highest BCUT2D eigenvalue weighted by Crippen LogP contribution is 2.08. The summed E-state index contributed by atoms with van der Waals surface area (Å²) in [6.07, 6.45) is 1.19. The zero-order valence-corrected chi connectivity index (χ0v) is 6.63. The molecule has 0 saturated carbocycles. The summed E-state index contributed by atoms with van der Waals surface area (Å²) < 4.78 is 4.61. The molecule has 1 atom stereocenters. The second kappa shape index (κ2) is 3.02. The van der Waals surface area contributed by atoms with Crippen molar-refractivity contribution in [3.63, 3.8) is 0 Å². The molecule has 11 heavy (non-hydrogen) atoms. The van der Waals surface area contributed by atoms with Gasteiger partial charge in [-0.25, -0.2) is 0 Å². The second-order valence-electron chi connectivity index (χ2n) is 2.14. The Kier molecular flexibility index (Phi) is 2.26. The molecule has 1 rings (SSSR count).